The van der Waals surface area contributed by atoms with Crippen LogP contribution in [0.4, 0.5) is 0 Å². The molecular weight excluding hydrogens is 453 g/mol. The predicted molar refractivity (Wildman–Crippen MR) is 122 cm³/mol. The molecule has 0 saturated carbocycles. The van der Waals surface area contributed by atoms with Crippen molar-refractivity contribution in [1.82, 2.24) is 20.4 Å². The number of rotatable bonds is 6. The van der Waals surface area contributed by atoms with E-state index in [9.17, 15) is 5.11 Å². The van der Waals surface area contributed by atoms with Crippen LogP contribution < -0.4 is 10.6 Å². The van der Waals surface area contributed by atoms with Crippen LogP contribution in [0.1, 0.15) is 50.5 Å². The van der Waals surface area contributed by atoms with Crippen LogP contribution in [0.3, 0.4) is 0 Å². The van der Waals surface area contributed by atoms with Crippen LogP contribution in [0.15, 0.2) is 41.7 Å². The molecule has 1 aromatic carbocycles. The summed E-state index contributed by atoms with van der Waals surface area (Å²) in [5.41, 5.74) is 3.31. The van der Waals surface area contributed by atoms with E-state index in [0.717, 1.165) is 17.7 Å². The summed E-state index contributed by atoms with van der Waals surface area (Å²) >= 11 is 0. The topological polar surface area (TPSA) is 74.5 Å². The fraction of sp³-hybridized carbons (Fsp3) is 0.500. The largest absolute Gasteiger partial charge is 0.387 e. The molecule has 2 aromatic rings. The third kappa shape index (κ3) is 7.50. The Labute approximate surface area is 179 Å². The zero-order valence-corrected chi connectivity index (χ0v) is 19.2. The zero-order valence-electron chi connectivity index (χ0n) is 16.9. The Morgan fingerprint density at radius 3 is 2.41 bits per heavy atom. The number of halogens is 1. The molecule has 0 saturated heterocycles. The second-order valence-electron chi connectivity index (χ2n) is 7.49. The molecule has 6 nitrogen and oxygen atoms in total. The summed E-state index contributed by atoms with van der Waals surface area (Å²) in [6.07, 6.45) is 3.16. The van der Waals surface area contributed by atoms with E-state index in [0.29, 0.717) is 19.0 Å². The maximum atomic E-state index is 10.5. The van der Waals surface area contributed by atoms with Crippen molar-refractivity contribution in [2.45, 2.75) is 45.8 Å². The molecule has 1 aromatic heterocycles. The van der Waals surface area contributed by atoms with Crippen LogP contribution >= 0.6 is 24.0 Å². The lowest BCUT2D eigenvalue weighted by Crippen LogP contribution is -2.39. The fourth-order valence-electron chi connectivity index (χ4n) is 2.58. The van der Waals surface area contributed by atoms with Crippen molar-refractivity contribution >= 4 is 29.9 Å². The van der Waals surface area contributed by atoms with E-state index < -0.39 is 6.10 Å². The molecule has 0 aliphatic carbocycles. The number of nitrogens with one attached hydrogen (secondary N) is 2. The molecule has 0 amide bonds. The van der Waals surface area contributed by atoms with Gasteiger partial charge in [0, 0.05) is 31.9 Å². The van der Waals surface area contributed by atoms with Crippen LogP contribution in [-0.2, 0) is 19.0 Å². The maximum absolute atomic E-state index is 10.5. The van der Waals surface area contributed by atoms with Gasteiger partial charge >= 0.3 is 0 Å². The molecule has 2 rings (SSSR count). The van der Waals surface area contributed by atoms with Gasteiger partial charge in [-0.25, -0.2) is 4.99 Å². The number of aromatic nitrogens is 2. The summed E-state index contributed by atoms with van der Waals surface area (Å²) in [6.45, 7) is 10.3. The van der Waals surface area contributed by atoms with Crippen LogP contribution in [0, 0.1) is 0 Å². The van der Waals surface area contributed by atoms with Crippen LogP contribution in [0.2, 0.25) is 0 Å². The number of hydrogen-bond donors (Lipinski definition) is 3. The first-order chi connectivity index (χ1) is 12.3. The van der Waals surface area contributed by atoms with Crippen molar-refractivity contribution in [1.29, 1.82) is 0 Å². The normalized spacial score (nSPS) is 13.0. The molecule has 1 atom stereocenters. The smallest absolute Gasteiger partial charge is 0.191 e. The molecule has 150 valence electrons. The second kappa shape index (κ2) is 10.7. The van der Waals surface area contributed by atoms with Crippen molar-refractivity contribution < 1.29 is 5.11 Å². The number of aliphatic hydroxyl groups excluding tert-OH is 1. The Kier molecular flexibility index (Phi) is 9.25. The lowest BCUT2D eigenvalue weighted by molar-refractivity contribution is 0.181. The molecule has 0 fully saturated rings. The van der Waals surface area contributed by atoms with Crippen molar-refractivity contribution in [2.75, 3.05) is 13.1 Å². The van der Waals surface area contributed by atoms with Crippen LogP contribution in [-0.4, -0.2) is 33.9 Å². The molecule has 0 aliphatic heterocycles. The van der Waals surface area contributed by atoms with Crippen molar-refractivity contribution in [2.24, 2.45) is 12.0 Å². The number of benzene rings is 1. The zero-order chi connectivity index (χ0) is 19.2. The summed E-state index contributed by atoms with van der Waals surface area (Å²) in [5, 5.41) is 21.0. The van der Waals surface area contributed by atoms with E-state index in [1.807, 2.05) is 32.3 Å². The van der Waals surface area contributed by atoms with Gasteiger partial charge in [0.1, 0.15) is 0 Å². The van der Waals surface area contributed by atoms with Gasteiger partial charge in [0.2, 0.25) is 0 Å². The van der Waals surface area contributed by atoms with Crippen molar-refractivity contribution in [3.63, 3.8) is 0 Å². The summed E-state index contributed by atoms with van der Waals surface area (Å²) in [4.78, 5) is 4.54. The van der Waals surface area contributed by atoms with Gasteiger partial charge in [-0.3, -0.25) is 4.68 Å². The maximum Gasteiger partial charge on any atom is 0.191 e. The Morgan fingerprint density at radius 2 is 1.89 bits per heavy atom. The third-order valence-corrected chi connectivity index (χ3v) is 4.15. The van der Waals surface area contributed by atoms with Crippen LogP contribution in [0.25, 0.3) is 0 Å². The fourth-order valence-corrected chi connectivity index (χ4v) is 2.58. The molecule has 1 unspecified atom stereocenters. The minimum absolute atomic E-state index is 0. The molecular formula is C20H32IN5O. The van der Waals surface area contributed by atoms with Gasteiger partial charge in [-0.05, 0) is 23.5 Å². The lowest BCUT2D eigenvalue weighted by Gasteiger charge is -2.20. The molecule has 27 heavy (non-hydrogen) atoms. The summed E-state index contributed by atoms with van der Waals surface area (Å²) in [6, 6.07) is 8.15. The van der Waals surface area contributed by atoms with Gasteiger partial charge in [0.05, 0.1) is 18.8 Å². The SMILES string of the molecule is CCNC(=NCc1cnn(C)c1)NCC(O)c1ccc(C(C)(C)C)cc1.I. The highest BCUT2D eigenvalue weighted by Crippen LogP contribution is 2.23. The van der Waals surface area contributed by atoms with Gasteiger partial charge in [-0.2, -0.15) is 5.10 Å². The highest BCUT2D eigenvalue weighted by molar-refractivity contribution is 14.0. The number of aliphatic hydroxyl groups is 1. The molecule has 0 bridgehead atoms. The van der Waals surface area contributed by atoms with Crippen LogP contribution in [0.5, 0.6) is 0 Å². The number of aryl methyl sites for hydroxylation is 1. The molecule has 0 spiro atoms. The van der Waals surface area contributed by atoms with E-state index >= 15 is 0 Å². The van der Waals surface area contributed by atoms with E-state index in [1.54, 1.807) is 10.9 Å². The average Bonchev–Trinajstić information content (AvgIpc) is 3.02. The standard InChI is InChI=1S/C20H31N5O.HI/c1-6-21-19(22-11-15-12-24-25(5)14-15)23-13-18(26)16-7-9-17(10-8-16)20(2,3)4;/h7-10,12,14,18,26H,6,11,13H2,1-5H3,(H2,21,22,23);1H. The van der Waals surface area contributed by atoms with Gasteiger partial charge in [-0.1, -0.05) is 45.0 Å². The number of nitrogens with zero attached hydrogens (tertiary/aromatic N) is 3. The van der Waals surface area contributed by atoms with Gasteiger partial charge in [0.25, 0.3) is 0 Å². The molecule has 0 radical (unpaired) electrons. The summed E-state index contributed by atoms with van der Waals surface area (Å²) in [5.74, 6) is 0.682. The Bertz CT molecular complexity index is 719. The minimum atomic E-state index is -0.591. The van der Waals surface area contributed by atoms with Gasteiger partial charge in [0.15, 0.2) is 5.96 Å². The quantitative estimate of drug-likeness (QED) is 0.334. The first kappa shape index (κ1) is 23.4. The van der Waals surface area contributed by atoms with E-state index in [4.69, 9.17) is 0 Å². The number of guanidine groups is 1. The number of hydrogen-bond acceptors (Lipinski definition) is 3. The summed E-state index contributed by atoms with van der Waals surface area (Å²) < 4.78 is 1.76. The molecule has 1 heterocycles. The van der Waals surface area contributed by atoms with Crippen molar-refractivity contribution in [3.05, 3.63) is 53.3 Å². The Hall–Kier alpha value is -1.61. The highest BCUT2D eigenvalue weighted by atomic mass is 127. The van der Waals surface area contributed by atoms with Gasteiger partial charge in [-0.15, -0.1) is 24.0 Å². The van der Waals surface area contributed by atoms with E-state index in [2.05, 4.69) is 53.6 Å². The Morgan fingerprint density at radius 1 is 1.22 bits per heavy atom. The molecule has 0 aliphatic rings. The van der Waals surface area contributed by atoms with E-state index in [-0.39, 0.29) is 29.4 Å². The summed E-state index contributed by atoms with van der Waals surface area (Å²) in [7, 11) is 1.89. The minimum Gasteiger partial charge on any atom is -0.387 e. The van der Waals surface area contributed by atoms with E-state index in [1.165, 1.54) is 5.56 Å². The monoisotopic (exact) mass is 485 g/mol. The lowest BCUT2D eigenvalue weighted by atomic mass is 9.86. The molecule has 3 N–H and O–H groups in total. The first-order valence-corrected chi connectivity index (χ1v) is 9.08. The average molecular weight is 485 g/mol. The Balaban J connectivity index is 0.00000364. The second-order valence-corrected chi connectivity index (χ2v) is 7.49. The molecule has 7 heteroatoms. The van der Waals surface area contributed by atoms with Crippen molar-refractivity contribution in [3.8, 4) is 0 Å². The van der Waals surface area contributed by atoms with Gasteiger partial charge < -0.3 is 15.7 Å². The third-order valence-electron chi connectivity index (χ3n) is 4.15. The predicted octanol–water partition coefficient (Wildman–Crippen LogP) is 3.12. The number of aliphatic imine (C=N–C) groups is 1. The highest BCUT2D eigenvalue weighted by Gasteiger charge is 2.14. The first-order valence-electron chi connectivity index (χ1n) is 9.08.